The predicted octanol–water partition coefficient (Wildman–Crippen LogP) is 2.07. The van der Waals surface area contributed by atoms with Crippen molar-refractivity contribution in [2.75, 3.05) is 20.2 Å². The standard InChI is InChI=1S/C21H27FN2O5S/c1-24(30(27,28)18-4-2-17(22)3-5-18)12-20(26)29-13-19(25)23-21-9-14-6-15(10-21)8-16(7-14)11-21/h2-5,14-16H,6-13H2,1H3,(H,23,25). The van der Waals surface area contributed by atoms with Crippen molar-refractivity contribution < 1.29 is 27.1 Å². The van der Waals surface area contributed by atoms with Crippen molar-refractivity contribution in [2.45, 2.75) is 49.0 Å². The Bertz CT molecular complexity index is 896. The van der Waals surface area contributed by atoms with Gasteiger partial charge in [-0.25, -0.2) is 12.8 Å². The van der Waals surface area contributed by atoms with Gasteiger partial charge in [0.15, 0.2) is 6.61 Å². The van der Waals surface area contributed by atoms with Gasteiger partial charge in [-0.3, -0.25) is 9.59 Å². The Labute approximate surface area is 176 Å². The first-order valence-corrected chi connectivity index (χ1v) is 11.8. The molecule has 5 rings (SSSR count). The highest BCUT2D eigenvalue weighted by atomic mass is 32.2. The van der Waals surface area contributed by atoms with Crippen molar-refractivity contribution in [2.24, 2.45) is 17.8 Å². The van der Waals surface area contributed by atoms with Crippen molar-refractivity contribution in [3.63, 3.8) is 0 Å². The first-order valence-electron chi connectivity index (χ1n) is 10.3. The molecule has 164 valence electrons. The Balaban J connectivity index is 1.27. The van der Waals surface area contributed by atoms with E-state index in [2.05, 4.69) is 5.32 Å². The molecule has 1 aromatic rings. The van der Waals surface area contributed by atoms with Crippen LogP contribution in [0.1, 0.15) is 38.5 Å². The zero-order valence-electron chi connectivity index (χ0n) is 17.0. The van der Waals surface area contributed by atoms with Gasteiger partial charge in [0.1, 0.15) is 12.4 Å². The summed E-state index contributed by atoms with van der Waals surface area (Å²) in [6.07, 6.45) is 6.78. The second-order valence-corrected chi connectivity index (χ2v) is 11.2. The summed E-state index contributed by atoms with van der Waals surface area (Å²) in [4.78, 5) is 24.4. The maximum Gasteiger partial charge on any atom is 0.321 e. The van der Waals surface area contributed by atoms with Gasteiger partial charge in [0.05, 0.1) is 4.90 Å². The molecule has 1 amide bonds. The summed E-state index contributed by atoms with van der Waals surface area (Å²) in [6, 6.07) is 4.33. The molecule has 1 aromatic carbocycles. The number of ether oxygens (including phenoxy) is 1. The minimum atomic E-state index is -3.96. The Morgan fingerprint density at radius 2 is 1.63 bits per heavy atom. The number of sulfonamides is 1. The smallest absolute Gasteiger partial charge is 0.321 e. The molecule has 4 bridgehead atoms. The molecular weight excluding hydrogens is 411 g/mol. The highest BCUT2D eigenvalue weighted by molar-refractivity contribution is 7.89. The van der Waals surface area contributed by atoms with Crippen LogP contribution in [0.4, 0.5) is 4.39 Å². The number of hydrogen-bond donors (Lipinski definition) is 1. The first-order chi connectivity index (χ1) is 14.1. The quantitative estimate of drug-likeness (QED) is 0.658. The second-order valence-electron chi connectivity index (χ2n) is 9.12. The summed E-state index contributed by atoms with van der Waals surface area (Å²) < 4.78 is 43.8. The number of rotatable bonds is 7. The van der Waals surface area contributed by atoms with E-state index in [0.717, 1.165) is 47.8 Å². The zero-order valence-corrected chi connectivity index (χ0v) is 17.8. The van der Waals surface area contributed by atoms with Crippen LogP contribution in [0.5, 0.6) is 0 Å². The van der Waals surface area contributed by atoms with Crippen LogP contribution in [0.3, 0.4) is 0 Å². The van der Waals surface area contributed by atoms with Crippen LogP contribution >= 0.6 is 0 Å². The summed E-state index contributed by atoms with van der Waals surface area (Å²) in [5.74, 6) is 0.345. The highest BCUT2D eigenvalue weighted by Crippen LogP contribution is 2.55. The number of esters is 1. The van der Waals surface area contributed by atoms with Gasteiger partial charge in [0, 0.05) is 12.6 Å². The molecule has 9 heteroatoms. The van der Waals surface area contributed by atoms with Crippen molar-refractivity contribution in [3.8, 4) is 0 Å². The maximum absolute atomic E-state index is 13.0. The molecule has 0 saturated heterocycles. The minimum absolute atomic E-state index is 0.126. The molecule has 0 spiro atoms. The molecule has 0 aliphatic heterocycles. The fourth-order valence-corrected chi connectivity index (χ4v) is 6.96. The fourth-order valence-electron chi connectivity index (χ4n) is 5.84. The van der Waals surface area contributed by atoms with Crippen molar-refractivity contribution in [1.82, 2.24) is 9.62 Å². The molecule has 4 aliphatic carbocycles. The molecule has 7 nitrogen and oxygen atoms in total. The first kappa shape index (κ1) is 21.2. The summed E-state index contributed by atoms with van der Waals surface area (Å²) in [5.41, 5.74) is -0.166. The second kappa shape index (κ2) is 7.92. The van der Waals surface area contributed by atoms with Gasteiger partial charge >= 0.3 is 5.97 Å². The van der Waals surface area contributed by atoms with Crippen LogP contribution in [0.25, 0.3) is 0 Å². The molecular formula is C21H27FN2O5S. The van der Waals surface area contributed by atoms with Crippen LogP contribution in [0.2, 0.25) is 0 Å². The van der Waals surface area contributed by atoms with Crippen molar-refractivity contribution >= 4 is 21.9 Å². The summed E-state index contributed by atoms with van der Waals surface area (Å²) in [7, 11) is -2.73. The Morgan fingerprint density at radius 3 is 2.17 bits per heavy atom. The number of nitrogens with zero attached hydrogens (tertiary/aromatic N) is 1. The average Bonchev–Trinajstić information content (AvgIpc) is 2.65. The van der Waals surface area contributed by atoms with E-state index in [1.165, 1.54) is 26.3 Å². The van der Waals surface area contributed by atoms with E-state index in [9.17, 15) is 22.4 Å². The van der Waals surface area contributed by atoms with Gasteiger partial charge in [-0.1, -0.05) is 0 Å². The zero-order chi connectivity index (χ0) is 21.5. The van der Waals surface area contributed by atoms with E-state index >= 15 is 0 Å². The summed E-state index contributed by atoms with van der Waals surface area (Å²) in [6.45, 7) is -0.963. The fraction of sp³-hybridized carbons (Fsp3) is 0.619. The molecule has 4 fully saturated rings. The summed E-state index contributed by atoms with van der Waals surface area (Å²) in [5, 5.41) is 3.11. The number of carbonyl (C=O) groups excluding carboxylic acids is 2. The lowest BCUT2D eigenvalue weighted by molar-refractivity contribution is -0.150. The molecule has 4 saturated carbocycles. The molecule has 0 unspecified atom stereocenters. The predicted molar refractivity (Wildman–Crippen MR) is 106 cm³/mol. The Hall–Kier alpha value is -2.00. The average molecular weight is 439 g/mol. The largest absolute Gasteiger partial charge is 0.455 e. The van der Waals surface area contributed by atoms with Crippen molar-refractivity contribution in [1.29, 1.82) is 0 Å². The molecule has 0 radical (unpaired) electrons. The molecule has 30 heavy (non-hydrogen) atoms. The molecule has 0 atom stereocenters. The topological polar surface area (TPSA) is 92.8 Å². The van der Waals surface area contributed by atoms with E-state index in [4.69, 9.17) is 4.74 Å². The van der Waals surface area contributed by atoms with Crippen LogP contribution in [0.15, 0.2) is 29.2 Å². The lowest BCUT2D eigenvalue weighted by Gasteiger charge is -2.56. The third kappa shape index (κ3) is 4.37. The Morgan fingerprint density at radius 1 is 1.10 bits per heavy atom. The van der Waals surface area contributed by atoms with E-state index in [1.807, 2.05) is 0 Å². The number of nitrogens with one attached hydrogen (secondary N) is 1. The monoisotopic (exact) mass is 438 g/mol. The van der Waals surface area contributed by atoms with E-state index in [0.29, 0.717) is 17.8 Å². The van der Waals surface area contributed by atoms with Crippen LogP contribution in [-0.4, -0.2) is 50.3 Å². The van der Waals surface area contributed by atoms with Gasteiger partial charge in [-0.2, -0.15) is 4.31 Å². The number of halogens is 1. The Kier molecular flexibility index (Phi) is 5.61. The third-order valence-electron chi connectivity index (χ3n) is 6.68. The van der Waals surface area contributed by atoms with Gasteiger partial charge in [-0.15, -0.1) is 0 Å². The van der Waals surface area contributed by atoms with Crippen LogP contribution in [0, 0.1) is 23.6 Å². The lowest BCUT2D eigenvalue weighted by Crippen LogP contribution is -2.60. The highest BCUT2D eigenvalue weighted by Gasteiger charge is 2.51. The normalized spacial score (nSPS) is 29.8. The number of hydrogen-bond acceptors (Lipinski definition) is 5. The molecule has 0 aromatic heterocycles. The number of carbonyl (C=O) groups is 2. The number of likely N-dealkylation sites (N-methyl/N-ethyl adjacent to an activating group) is 1. The minimum Gasteiger partial charge on any atom is -0.455 e. The van der Waals surface area contributed by atoms with Gasteiger partial charge in [0.2, 0.25) is 10.0 Å². The molecule has 4 aliphatic rings. The van der Waals surface area contributed by atoms with Gasteiger partial charge < -0.3 is 10.1 Å². The molecule has 1 N–H and O–H groups in total. The third-order valence-corrected chi connectivity index (χ3v) is 8.50. The lowest BCUT2D eigenvalue weighted by atomic mass is 9.53. The van der Waals surface area contributed by atoms with Gasteiger partial charge in [0.25, 0.3) is 5.91 Å². The number of amides is 1. The van der Waals surface area contributed by atoms with E-state index < -0.39 is 35.0 Å². The van der Waals surface area contributed by atoms with Crippen LogP contribution < -0.4 is 5.32 Å². The number of benzene rings is 1. The molecule has 0 heterocycles. The van der Waals surface area contributed by atoms with Gasteiger partial charge in [-0.05, 0) is 80.5 Å². The van der Waals surface area contributed by atoms with E-state index in [-0.39, 0.29) is 16.3 Å². The summed E-state index contributed by atoms with van der Waals surface area (Å²) >= 11 is 0. The van der Waals surface area contributed by atoms with E-state index in [1.54, 1.807) is 0 Å². The van der Waals surface area contributed by atoms with Crippen LogP contribution in [-0.2, 0) is 24.3 Å². The maximum atomic E-state index is 13.0. The van der Waals surface area contributed by atoms with Crippen molar-refractivity contribution in [3.05, 3.63) is 30.1 Å². The SMILES string of the molecule is CN(CC(=O)OCC(=O)NC12CC3CC(CC(C3)C1)C2)S(=O)(=O)c1ccc(F)cc1.